The van der Waals surface area contributed by atoms with E-state index in [1.165, 1.54) is 12.1 Å². The molecule has 2 N–H and O–H groups in total. The third-order valence-corrected chi connectivity index (χ3v) is 4.20. The number of hydrogen-bond donors (Lipinski definition) is 2. The van der Waals surface area contributed by atoms with Crippen molar-refractivity contribution in [3.8, 4) is 0 Å². The smallest absolute Gasteiger partial charge is 0.151 e. The van der Waals surface area contributed by atoms with Crippen LogP contribution in [0.25, 0.3) is 0 Å². The van der Waals surface area contributed by atoms with E-state index in [2.05, 4.69) is 20.4 Å². The summed E-state index contributed by atoms with van der Waals surface area (Å²) in [6.45, 7) is 2.19. The summed E-state index contributed by atoms with van der Waals surface area (Å²) >= 11 is 0. The molecule has 1 aromatic carbocycles. The van der Waals surface area contributed by atoms with Gasteiger partial charge in [-0.3, -0.25) is 0 Å². The van der Waals surface area contributed by atoms with Gasteiger partial charge in [-0.2, -0.15) is 5.10 Å². The van der Waals surface area contributed by atoms with E-state index in [1.54, 1.807) is 18.3 Å². The maximum Gasteiger partial charge on any atom is 0.151 e. The normalized spacial score (nSPS) is 19.0. The van der Waals surface area contributed by atoms with E-state index in [4.69, 9.17) is 0 Å². The van der Waals surface area contributed by atoms with Crippen LogP contribution in [-0.4, -0.2) is 41.0 Å². The van der Waals surface area contributed by atoms with Crippen LogP contribution in [0.2, 0.25) is 0 Å². The molecule has 0 radical (unpaired) electrons. The molecule has 1 aromatic heterocycles. The number of rotatable bonds is 6. The number of nitrogens with one attached hydrogen (secondary N) is 1. The van der Waals surface area contributed by atoms with Crippen LogP contribution in [0.15, 0.2) is 42.6 Å². The van der Waals surface area contributed by atoms with Crippen LogP contribution in [0.4, 0.5) is 10.2 Å². The first-order valence-corrected chi connectivity index (χ1v) is 7.92. The van der Waals surface area contributed by atoms with E-state index in [1.807, 2.05) is 12.1 Å². The van der Waals surface area contributed by atoms with Crippen molar-refractivity contribution >= 4 is 5.82 Å². The zero-order chi connectivity index (χ0) is 16.1. The molecule has 2 atom stereocenters. The molecular weight excluding hydrogens is 295 g/mol. The summed E-state index contributed by atoms with van der Waals surface area (Å²) in [6.07, 6.45) is 3.26. The van der Waals surface area contributed by atoms with E-state index in [0.717, 1.165) is 37.3 Å². The van der Waals surface area contributed by atoms with Gasteiger partial charge in [0.15, 0.2) is 5.82 Å². The molecule has 122 valence electrons. The number of halogens is 1. The molecule has 0 amide bonds. The Bertz CT molecular complexity index is 608. The van der Waals surface area contributed by atoms with Gasteiger partial charge in [0, 0.05) is 31.9 Å². The van der Waals surface area contributed by atoms with Gasteiger partial charge in [-0.05, 0) is 42.7 Å². The second-order valence-electron chi connectivity index (χ2n) is 5.80. The second kappa shape index (κ2) is 7.48. The summed E-state index contributed by atoms with van der Waals surface area (Å²) in [5.41, 5.74) is 0.719. The minimum Gasteiger partial charge on any atom is -0.387 e. The van der Waals surface area contributed by atoms with Crippen LogP contribution >= 0.6 is 0 Å². The summed E-state index contributed by atoms with van der Waals surface area (Å²) < 4.78 is 12.9. The zero-order valence-corrected chi connectivity index (χ0v) is 12.9. The largest absolute Gasteiger partial charge is 0.387 e. The molecule has 2 heterocycles. The van der Waals surface area contributed by atoms with Crippen LogP contribution < -0.4 is 10.2 Å². The van der Waals surface area contributed by atoms with Gasteiger partial charge in [-0.25, -0.2) is 4.39 Å². The standard InChI is InChI=1S/C17H21FN4O/c18-14-7-5-13(6-8-14)16(23)12-19-11-15-3-2-10-22(15)17-4-1-9-20-21-17/h1,4-9,15-16,19,23H,2-3,10-12H2. The van der Waals surface area contributed by atoms with Gasteiger partial charge < -0.3 is 15.3 Å². The van der Waals surface area contributed by atoms with Gasteiger partial charge >= 0.3 is 0 Å². The van der Waals surface area contributed by atoms with Crippen molar-refractivity contribution in [1.29, 1.82) is 0 Å². The Morgan fingerprint density at radius 2 is 2.13 bits per heavy atom. The topological polar surface area (TPSA) is 61.3 Å². The number of benzene rings is 1. The van der Waals surface area contributed by atoms with E-state index < -0.39 is 6.10 Å². The van der Waals surface area contributed by atoms with Gasteiger partial charge in [0.05, 0.1) is 6.10 Å². The molecule has 0 spiro atoms. The summed E-state index contributed by atoms with van der Waals surface area (Å²) in [4.78, 5) is 2.25. The van der Waals surface area contributed by atoms with E-state index in [-0.39, 0.29) is 5.82 Å². The number of aliphatic hydroxyl groups excluding tert-OH is 1. The lowest BCUT2D eigenvalue weighted by atomic mass is 10.1. The minimum absolute atomic E-state index is 0.292. The van der Waals surface area contributed by atoms with Gasteiger partial charge in [-0.1, -0.05) is 12.1 Å². The molecular formula is C17H21FN4O. The van der Waals surface area contributed by atoms with Gasteiger partial charge in [0.2, 0.25) is 0 Å². The highest BCUT2D eigenvalue weighted by molar-refractivity contribution is 5.39. The first-order chi connectivity index (χ1) is 11.2. The van der Waals surface area contributed by atoms with E-state index >= 15 is 0 Å². The van der Waals surface area contributed by atoms with Crippen molar-refractivity contribution in [3.05, 3.63) is 54.0 Å². The SMILES string of the molecule is OC(CNCC1CCCN1c1cccnn1)c1ccc(F)cc1. The van der Waals surface area contributed by atoms with Crippen LogP contribution in [0.3, 0.4) is 0 Å². The summed E-state index contributed by atoms with van der Waals surface area (Å²) in [5.74, 6) is 0.607. The lowest BCUT2D eigenvalue weighted by Gasteiger charge is -2.26. The number of aliphatic hydroxyl groups is 1. The Balaban J connectivity index is 1.51. The quantitative estimate of drug-likeness (QED) is 0.852. The van der Waals surface area contributed by atoms with Gasteiger partial charge in [-0.15, -0.1) is 5.10 Å². The van der Waals surface area contributed by atoms with Gasteiger partial charge in [0.25, 0.3) is 0 Å². The van der Waals surface area contributed by atoms with Crippen molar-refractivity contribution in [2.75, 3.05) is 24.5 Å². The Morgan fingerprint density at radius 1 is 1.30 bits per heavy atom. The Morgan fingerprint density at radius 3 is 2.87 bits per heavy atom. The highest BCUT2D eigenvalue weighted by Crippen LogP contribution is 2.22. The first kappa shape index (κ1) is 15.8. The number of hydrogen-bond acceptors (Lipinski definition) is 5. The molecule has 3 rings (SSSR count). The first-order valence-electron chi connectivity index (χ1n) is 7.92. The Labute approximate surface area is 135 Å². The molecule has 2 unspecified atom stereocenters. The number of nitrogens with zero attached hydrogens (tertiary/aromatic N) is 3. The van der Waals surface area contributed by atoms with Crippen LogP contribution in [0.5, 0.6) is 0 Å². The molecule has 1 saturated heterocycles. The molecule has 2 aromatic rings. The maximum atomic E-state index is 12.9. The third-order valence-electron chi connectivity index (χ3n) is 4.20. The fourth-order valence-corrected chi connectivity index (χ4v) is 2.99. The molecule has 1 aliphatic heterocycles. The van der Waals surface area contributed by atoms with Crippen LogP contribution in [0.1, 0.15) is 24.5 Å². The highest BCUT2D eigenvalue weighted by atomic mass is 19.1. The zero-order valence-electron chi connectivity index (χ0n) is 12.9. The number of anilines is 1. The van der Waals surface area contributed by atoms with Crippen LogP contribution in [0, 0.1) is 5.82 Å². The predicted molar refractivity (Wildman–Crippen MR) is 86.6 cm³/mol. The van der Waals surface area contributed by atoms with Crippen molar-refractivity contribution in [3.63, 3.8) is 0 Å². The lowest BCUT2D eigenvalue weighted by molar-refractivity contribution is 0.174. The monoisotopic (exact) mass is 316 g/mol. The van der Waals surface area contributed by atoms with Crippen molar-refractivity contribution in [2.24, 2.45) is 0 Å². The molecule has 1 fully saturated rings. The highest BCUT2D eigenvalue weighted by Gasteiger charge is 2.25. The maximum absolute atomic E-state index is 12.9. The van der Waals surface area contributed by atoms with Gasteiger partial charge in [0.1, 0.15) is 5.82 Å². The average molecular weight is 316 g/mol. The van der Waals surface area contributed by atoms with Crippen molar-refractivity contribution in [1.82, 2.24) is 15.5 Å². The summed E-state index contributed by atoms with van der Waals surface area (Å²) in [7, 11) is 0. The van der Waals surface area contributed by atoms with E-state index in [0.29, 0.717) is 12.6 Å². The average Bonchev–Trinajstić information content (AvgIpc) is 3.05. The molecule has 6 heteroatoms. The molecule has 5 nitrogen and oxygen atoms in total. The summed E-state index contributed by atoms with van der Waals surface area (Å²) in [5, 5.41) is 21.6. The minimum atomic E-state index is -0.637. The number of aromatic nitrogens is 2. The molecule has 1 aliphatic rings. The fourth-order valence-electron chi connectivity index (χ4n) is 2.99. The molecule has 0 bridgehead atoms. The Hall–Kier alpha value is -2.05. The van der Waals surface area contributed by atoms with Crippen LogP contribution in [-0.2, 0) is 0 Å². The van der Waals surface area contributed by atoms with E-state index in [9.17, 15) is 9.50 Å². The molecule has 0 saturated carbocycles. The Kier molecular flexibility index (Phi) is 5.15. The molecule has 23 heavy (non-hydrogen) atoms. The predicted octanol–water partition coefficient (Wildman–Crippen LogP) is 1.91. The van der Waals surface area contributed by atoms with Crippen molar-refractivity contribution in [2.45, 2.75) is 25.0 Å². The molecule has 0 aliphatic carbocycles. The lowest BCUT2D eigenvalue weighted by Crippen LogP contribution is -2.39. The fraction of sp³-hybridized carbons (Fsp3) is 0.412. The summed E-state index contributed by atoms with van der Waals surface area (Å²) in [6, 6.07) is 10.2. The third kappa shape index (κ3) is 4.03. The van der Waals surface area contributed by atoms with Crippen molar-refractivity contribution < 1.29 is 9.50 Å². The second-order valence-corrected chi connectivity index (χ2v) is 5.80.